The van der Waals surface area contributed by atoms with E-state index in [2.05, 4.69) is 22.2 Å². The molecule has 5 nitrogen and oxygen atoms in total. The molecule has 2 N–H and O–H groups in total. The van der Waals surface area contributed by atoms with Crippen LogP contribution in [0.1, 0.15) is 47.8 Å². The van der Waals surface area contributed by atoms with Gasteiger partial charge in [0.05, 0.1) is 5.39 Å². The normalized spacial score (nSPS) is 22.4. The smallest absolute Gasteiger partial charge is 0.346 e. The number of anilines is 1. The van der Waals surface area contributed by atoms with E-state index in [0.717, 1.165) is 40.4 Å². The number of hydrogen-bond donors (Lipinski definition) is 2. The van der Waals surface area contributed by atoms with Gasteiger partial charge in [0.15, 0.2) is 0 Å². The Bertz CT molecular complexity index is 683. The van der Waals surface area contributed by atoms with Gasteiger partial charge >= 0.3 is 5.97 Å². The van der Waals surface area contributed by atoms with E-state index in [1.807, 2.05) is 6.92 Å². The van der Waals surface area contributed by atoms with Crippen molar-refractivity contribution in [1.82, 2.24) is 9.97 Å². The Morgan fingerprint density at radius 2 is 2.24 bits per heavy atom. The number of rotatable bonds is 3. The van der Waals surface area contributed by atoms with Crippen LogP contribution >= 0.6 is 11.3 Å². The lowest BCUT2D eigenvalue weighted by molar-refractivity contribution is 0.0701. The monoisotopic (exact) mass is 305 g/mol. The number of fused-ring (bicyclic) bond motifs is 1. The highest BCUT2D eigenvalue weighted by atomic mass is 32.1. The second-order valence-electron chi connectivity index (χ2n) is 5.88. The van der Waals surface area contributed by atoms with Crippen molar-refractivity contribution in [2.75, 3.05) is 5.32 Å². The van der Waals surface area contributed by atoms with E-state index in [0.29, 0.717) is 10.9 Å². The zero-order chi connectivity index (χ0) is 15.0. The first kappa shape index (κ1) is 14.3. The summed E-state index contributed by atoms with van der Waals surface area (Å²) in [6.07, 6.45) is 6.32. The Balaban J connectivity index is 1.96. The van der Waals surface area contributed by atoms with Crippen LogP contribution in [-0.4, -0.2) is 27.1 Å². The molecule has 0 saturated heterocycles. The minimum Gasteiger partial charge on any atom is -0.477 e. The molecule has 1 saturated carbocycles. The zero-order valence-electron chi connectivity index (χ0n) is 12.2. The first-order valence-electron chi connectivity index (χ1n) is 7.30. The van der Waals surface area contributed by atoms with Gasteiger partial charge in [0.1, 0.15) is 21.9 Å². The lowest BCUT2D eigenvalue weighted by Gasteiger charge is -2.28. The molecule has 1 aliphatic rings. The summed E-state index contributed by atoms with van der Waals surface area (Å²) >= 11 is 1.22. The summed E-state index contributed by atoms with van der Waals surface area (Å²) in [5, 5.41) is 13.6. The molecule has 2 aromatic heterocycles. The van der Waals surface area contributed by atoms with E-state index in [4.69, 9.17) is 0 Å². The van der Waals surface area contributed by atoms with Crippen LogP contribution in [0.4, 0.5) is 5.82 Å². The van der Waals surface area contributed by atoms with Crippen LogP contribution in [0.3, 0.4) is 0 Å². The summed E-state index contributed by atoms with van der Waals surface area (Å²) in [7, 11) is 0. The largest absolute Gasteiger partial charge is 0.477 e. The van der Waals surface area contributed by atoms with Crippen LogP contribution in [0.5, 0.6) is 0 Å². The molecular weight excluding hydrogens is 286 g/mol. The van der Waals surface area contributed by atoms with E-state index < -0.39 is 5.97 Å². The molecule has 0 bridgehead atoms. The fourth-order valence-corrected chi connectivity index (χ4v) is 4.13. The van der Waals surface area contributed by atoms with Gasteiger partial charge in [-0.1, -0.05) is 19.8 Å². The number of hydrogen-bond acceptors (Lipinski definition) is 5. The van der Waals surface area contributed by atoms with Crippen LogP contribution in [0.15, 0.2) is 6.33 Å². The molecule has 1 fully saturated rings. The first-order chi connectivity index (χ1) is 10.1. The van der Waals surface area contributed by atoms with Crippen LogP contribution in [0, 0.1) is 12.8 Å². The Labute approximate surface area is 127 Å². The Kier molecular flexibility index (Phi) is 3.80. The fourth-order valence-electron chi connectivity index (χ4n) is 3.14. The topological polar surface area (TPSA) is 75.1 Å². The molecule has 6 heteroatoms. The fraction of sp³-hybridized carbons (Fsp3) is 0.533. The predicted octanol–water partition coefficient (Wildman–Crippen LogP) is 3.69. The minimum atomic E-state index is -0.896. The van der Waals surface area contributed by atoms with Crippen LogP contribution in [-0.2, 0) is 0 Å². The number of nitrogens with one attached hydrogen (secondary N) is 1. The molecule has 0 amide bonds. The molecular formula is C15H19N3O2S. The first-order valence-corrected chi connectivity index (χ1v) is 8.12. The van der Waals surface area contributed by atoms with Gasteiger partial charge in [-0.2, -0.15) is 0 Å². The Morgan fingerprint density at radius 3 is 2.95 bits per heavy atom. The standard InChI is InChI=1S/C15H19N3O2S/c1-8-4-3-5-10(6-8)18-13-11-9(2)12(15(19)20)21-14(11)17-7-16-13/h7-8,10H,3-6H2,1-2H3,(H,19,20)(H,16,17,18). The summed E-state index contributed by atoms with van der Waals surface area (Å²) in [5.41, 5.74) is 0.759. The van der Waals surface area contributed by atoms with E-state index in [1.54, 1.807) is 0 Å². The van der Waals surface area contributed by atoms with Gasteiger partial charge < -0.3 is 10.4 Å². The van der Waals surface area contributed by atoms with E-state index in [-0.39, 0.29) is 0 Å². The number of carbonyl (C=O) groups is 1. The number of thiophene rings is 1. The van der Waals surface area contributed by atoms with Crippen molar-refractivity contribution < 1.29 is 9.90 Å². The molecule has 2 unspecified atom stereocenters. The van der Waals surface area contributed by atoms with Crippen molar-refractivity contribution in [2.24, 2.45) is 5.92 Å². The summed E-state index contributed by atoms with van der Waals surface area (Å²) in [6.45, 7) is 4.11. The highest BCUT2D eigenvalue weighted by Crippen LogP contribution is 2.34. The molecule has 2 atom stereocenters. The van der Waals surface area contributed by atoms with Crippen molar-refractivity contribution >= 4 is 33.3 Å². The Morgan fingerprint density at radius 1 is 1.43 bits per heavy atom. The Hall–Kier alpha value is -1.69. The lowest BCUT2D eigenvalue weighted by Crippen LogP contribution is -2.26. The van der Waals surface area contributed by atoms with Crippen LogP contribution < -0.4 is 5.32 Å². The maximum atomic E-state index is 11.3. The number of carboxylic acid groups (broad SMARTS) is 1. The van der Waals surface area contributed by atoms with E-state index in [1.165, 1.54) is 30.5 Å². The van der Waals surface area contributed by atoms with E-state index in [9.17, 15) is 9.90 Å². The predicted molar refractivity (Wildman–Crippen MR) is 84.2 cm³/mol. The van der Waals surface area contributed by atoms with Crippen LogP contribution in [0.2, 0.25) is 0 Å². The molecule has 3 rings (SSSR count). The van der Waals surface area contributed by atoms with Crippen molar-refractivity contribution in [3.8, 4) is 0 Å². The molecule has 0 aliphatic heterocycles. The molecule has 21 heavy (non-hydrogen) atoms. The third-order valence-electron chi connectivity index (χ3n) is 4.20. The van der Waals surface area contributed by atoms with Gasteiger partial charge in [0.25, 0.3) is 0 Å². The molecule has 0 aromatic carbocycles. The molecule has 2 aromatic rings. The highest BCUT2D eigenvalue weighted by Gasteiger charge is 2.22. The maximum Gasteiger partial charge on any atom is 0.346 e. The quantitative estimate of drug-likeness (QED) is 0.904. The molecule has 0 spiro atoms. The van der Waals surface area contributed by atoms with Gasteiger partial charge in [0.2, 0.25) is 0 Å². The van der Waals surface area contributed by atoms with Gasteiger partial charge in [-0.15, -0.1) is 11.3 Å². The lowest BCUT2D eigenvalue weighted by atomic mass is 9.87. The number of nitrogens with zero attached hydrogens (tertiary/aromatic N) is 2. The maximum absolute atomic E-state index is 11.3. The van der Waals surface area contributed by atoms with Gasteiger partial charge in [-0.05, 0) is 31.2 Å². The number of carboxylic acids is 1. The zero-order valence-corrected chi connectivity index (χ0v) is 13.0. The average Bonchev–Trinajstić information content (AvgIpc) is 2.77. The van der Waals surface area contributed by atoms with Gasteiger partial charge in [-0.3, -0.25) is 0 Å². The second kappa shape index (κ2) is 5.60. The second-order valence-corrected chi connectivity index (χ2v) is 6.88. The molecule has 1 aliphatic carbocycles. The third kappa shape index (κ3) is 2.72. The summed E-state index contributed by atoms with van der Waals surface area (Å²) in [6, 6.07) is 0.416. The van der Waals surface area contributed by atoms with Crippen molar-refractivity contribution in [2.45, 2.75) is 45.6 Å². The number of aryl methyl sites for hydroxylation is 1. The summed E-state index contributed by atoms with van der Waals surface area (Å²) in [5.74, 6) is 0.611. The van der Waals surface area contributed by atoms with Gasteiger partial charge in [-0.25, -0.2) is 14.8 Å². The van der Waals surface area contributed by atoms with Gasteiger partial charge in [0, 0.05) is 6.04 Å². The number of aromatic carboxylic acids is 1. The van der Waals surface area contributed by atoms with E-state index >= 15 is 0 Å². The third-order valence-corrected chi connectivity index (χ3v) is 5.39. The average molecular weight is 305 g/mol. The van der Waals surface area contributed by atoms with Crippen molar-refractivity contribution in [3.63, 3.8) is 0 Å². The molecule has 112 valence electrons. The molecule has 2 heterocycles. The number of aromatic nitrogens is 2. The van der Waals surface area contributed by atoms with Crippen molar-refractivity contribution in [3.05, 3.63) is 16.8 Å². The SMILES string of the molecule is Cc1c(C(=O)O)sc2ncnc(NC3CCCC(C)C3)c12. The summed E-state index contributed by atoms with van der Waals surface area (Å²) < 4.78 is 0. The molecule has 0 radical (unpaired) electrons. The highest BCUT2D eigenvalue weighted by molar-refractivity contribution is 7.20. The van der Waals surface area contributed by atoms with Crippen molar-refractivity contribution in [1.29, 1.82) is 0 Å². The minimum absolute atomic E-state index is 0.352. The van der Waals surface area contributed by atoms with Crippen LogP contribution in [0.25, 0.3) is 10.2 Å². The summed E-state index contributed by atoms with van der Waals surface area (Å²) in [4.78, 5) is 20.9.